The van der Waals surface area contributed by atoms with E-state index in [1.165, 1.54) is 17.4 Å². The van der Waals surface area contributed by atoms with Crippen molar-refractivity contribution < 1.29 is 19.1 Å². The van der Waals surface area contributed by atoms with Crippen LogP contribution in [0.25, 0.3) is 6.08 Å². The van der Waals surface area contributed by atoms with E-state index in [9.17, 15) is 14.4 Å². The van der Waals surface area contributed by atoms with E-state index in [1.807, 2.05) is 16.8 Å². The van der Waals surface area contributed by atoms with Crippen LogP contribution in [0.4, 0.5) is 4.79 Å². The van der Waals surface area contributed by atoms with E-state index in [0.717, 1.165) is 5.56 Å². The maximum atomic E-state index is 12.3. The minimum absolute atomic E-state index is 0.373. The molecule has 0 aliphatic heterocycles. The van der Waals surface area contributed by atoms with Crippen LogP contribution in [0.1, 0.15) is 24.2 Å². The Balaban J connectivity index is 2.10. The summed E-state index contributed by atoms with van der Waals surface area (Å²) in [6, 6.07) is 9.73. The molecular formula is C18H18N2O4S. The van der Waals surface area contributed by atoms with Gasteiger partial charge in [0.1, 0.15) is 0 Å². The molecule has 0 aliphatic rings. The van der Waals surface area contributed by atoms with Crippen molar-refractivity contribution in [2.45, 2.75) is 13.0 Å². The molecule has 7 heteroatoms. The lowest BCUT2D eigenvalue weighted by Crippen LogP contribution is -2.42. The average molecular weight is 358 g/mol. The van der Waals surface area contributed by atoms with Gasteiger partial charge in [-0.05, 0) is 35.4 Å². The summed E-state index contributed by atoms with van der Waals surface area (Å²) >= 11 is 1.51. The van der Waals surface area contributed by atoms with Crippen LogP contribution in [-0.2, 0) is 14.3 Å². The number of amides is 3. The fourth-order valence-electron chi connectivity index (χ4n) is 1.97. The van der Waals surface area contributed by atoms with Crippen LogP contribution in [0.3, 0.4) is 0 Å². The smallest absolute Gasteiger partial charge is 0.331 e. The Labute approximate surface area is 149 Å². The number of carbonyl (C=O) groups excluding carboxylic acids is 3. The van der Waals surface area contributed by atoms with Crippen molar-refractivity contribution in [2.75, 3.05) is 6.54 Å². The maximum absolute atomic E-state index is 12.3. The zero-order valence-corrected chi connectivity index (χ0v) is 14.4. The third-order valence-electron chi connectivity index (χ3n) is 3.10. The van der Waals surface area contributed by atoms with Crippen LogP contribution in [-0.4, -0.2) is 24.5 Å². The lowest BCUT2D eigenvalue weighted by Gasteiger charge is -2.16. The van der Waals surface area contributed by atoms with Gasteiger partial charge in [-0.25, -0.2) is 9.59 Å². The van der Waals surface area contributed by atoms with Crippen molar-refractivity contribution in [3.63, 3.8) is 0 Å². The molecule has 0 fully saturated rings. The van der Waals surface area contributed by atoms with Crippen LogP contribution in [0.2, 0.25) is 0 Å². The largest absolute Gasteiger partial charge is 0.444 e. The molecule has 2 aromatic rings. The molecule has 0 aliphatic carbocycles. The molecule has 0 saturated carbocycles. The van der Waals surface area contributed by atoms with Crippen molar-refractivity contribution in [3.05, 3.63) is 64.4 Å². The first-order valence-electron chi connectivity index (χ1n) is 7.64. The molecule has 0 saturated heterocycles. The number of imide groups is 1. The Morgan fingerprint density at radius 2 is 1.96 bits per heavy atom. The molecule has 0 spiro atoms. The Morgan fingerprint density at radius 3 is 2.60 bits per heavy atom. The lowest BCUT2D eigenvalue weighted by molar-refractivity contribution is -0.151. The van der Waals surface area contributed by atoms with Crippen molar-refractivity contribution in [3.8, 4) is 0 Å². The van der Waals surface area contributed by atoms with Crippen LogP contribution >= 0.6 is 11.3 Å². The van der Waals surface area contributed by atoms with Crippen LogP contribution in [0, 0.1) is 0 Å². The van der Waals surface area contributed by atoms with Crippen molar-refractivity contribution in [2.24, 2.45) is 0 Å². The highest BCUT2D eigenvalue weighted by Gasteiger charge is 2.25. The summed E-state index contributed by atoms with van der Waals surface area (Å²) in [5.41, 5.74) is 1.34. The van der Waals surface area contributed by atoms with Gasteiger partial charge in [-0.15, -0.1) is 0 Å². The highest BCUT2D eigenvalue weighted by atomic mass is 32.1. The van der Waals surface area contributed by atoms with Gasteiger partial charge in [0.25, 0.3) is 5.91 Å². The van der Waals surface area contributed by atoms with E-state index in [0.29, 0.717) is 12.1 Å². The molecule has 3 amide bonds. The number of hydrogen-bond acceptors (Lipinski definition) is 5. The second-order valence-electron chi connectivity index (χ2n) is 4.97. The summed E-state index contributed by atoms with van der Waals surface area (Å²) in [4.78, 5) is 35.9. The number of carbonyl (C=O) groups is 3. The molecule has 0 unspecified atom stereocenters. The van der Waals surface area contributed by atoms with Gasteiger partial charge in [0, 0.05) is 18.2 Å². The van der Waals surface area contributed by atoms with Gasteiger partial charge in [0.15, 0.2) is 0 Å². The monoisotopic (exact) mass is 358 g/mol. The predicted octanol–water partition coefficient (Wildman–Crippen LogP) is 2.89. The van der Waals surface area contributed by atoms with Gasteiger partial charge < -0.3 is 10.1 Å². The SMILES string of the molecule is CCNC(=O)NC(=O)[C@H](OC(=O)/C=C/c1ccsc1)c1ccccc1. The Bertz CT molecular complexity index is 742. The van der Waals surface area contributed by atoms with E-state index in [4.69, 9.17) is 4.74 Å². The lowest BCUT2D eigenvalue weighted by atomic mass is 10.1. The molecule has 2 N–H and O–H groups in total. The van der Waals surface area contributed by atoms with Crippen LogP contribution in [0.5, 0.6) is 0 Å². The highest BCUT2D eigenvalue weighted by Crippen LogP contribution is 2.18. The number of rotatable bonds is 6. The third kappa shape index (κ3) is 5.89. The zero-order chi connectivity index (χ0) is 18.1. The Hall–Kier alpha value is -2.93. The van der Waals surface area contributed by atoms with Crippen molar-refractivity contribution >= 4 is 35.3 Å². The summed E-state index contributed by atoms with van der Waals surface area (Å²) in [5.74, 6) is -1.39. The van der Waals surface area contributed by atoms with Crippen LogP contribution in [0.15, 0.2) is 53.2 Å². The number of hydrogen-bond donors (Lipinski definition) is 2. The first-order chi connectivity index (χ1) is 12.1. The Kier molecular flexibility index (Phi) is 6.91. The van der Waals surface area contributed by atoms with Crippen molar-refractivity contribution in [1.82, 2.24) is 10.6 Å². The van der Waals surface area contributed by atoms with Crippen LogP contribution < -0.4 is 10.6 Å². The molecule has 2 rings (SSSR count). The molecular weight excluding hydrogens is 340 g/mol. The summed E-state index contributed by atoms with van der Waals surface area (Å²) in [6.07, 6.45) is 1.63. The summed E-state index contributed by atoms with van der Waals surface area (Å²) < 4.78 is 5.26. The second kappa shape index (κ2) is 9.39. The molecule has 0 radical (unpaired) electrons. The molecule has 130 valence electrons. The van der Waals surface area contributed by atoms with Gasteiger partial charge >= 0.3 is 12.0 Å². The number of benzene rings is 1. The first-order valence-corrected chi connectivity index (χ1v) is 8.59. The van der Waals surface area contributed by atoms with Gasteiger partial charge in [0.05, 0.1) is 0 Å². The normalized spacial score (nSPS) is 11.7. The molecule has 0 bridgehead atoms. The molecule has 1 atom stereocenters. The van der Waals surface area contributed by atoms with Gasteiger partial charge in [-0.3, -0.25) is 10.1 Å². The number of thiophene rings is 1. The van der Waals surface area contributed by atoms with E-state index in [1.54, 1.807) is 43.3 Å². The molecule has 1 aromatic carbocycles. The third-order valence-corrected chi connectivity index (χ3v) is 3.81. The number of ether oxygens (including phenoxy) is 1. The van der Waals surface area contributed by atoms with Crippen molar-refractivity contribution in [1.29, 1.82) is 0 Å². The summed E-state index contributed by atoms with van der Waals surface area (Å²) in [7, 11) is 0. The molecule has 25 heavy (non-hydrogen) atoms. The standard InChI is InChI=1S/C18H18N2O4S/c1-2-19-18(23)20-17(22)16(14-6-4-3-5-7-14)24-15(21)9-8-13-10-11-25-12-13/h3-12,16H,2H2,1H3,(H2,19,20,22,23)/b9-8+/t16-/m1/s1. The van der Waals surface area contributed by atoms with Gasteiger partial charge in [0.2, 0.25) is 6.10 Å². The second-order valence-corrected chi connectivity index (χ2v) is 5.75. The summed E-state index contributed by atoms with van der Waals surface area (Å²) in [5, 5.41) is 8.38. The minimum atomic E-state index is -1.22. The van der Waals surface area contributed by atoms with Gasteiger partial charge in [-0.1, -0.05) is 30.3 Å². The molecule has 1 aromatic heterocycles. The highest BCUT2D eigenvalue weighted by molar-refractivity contribution is 7.08. The number of nitrogens with one attached hydrogen (secondary N) is 2. The number of esters is 1. The Morgan fingerprint density at radius 1 is 1.20 bits per heavy atom. The van der Waals surface area contributed by atoms with Gasteiger partial charge in [-0.2, -0.15) is 11.3 Å². The summed E-state index contributed by atoms with van der Waals surface area (Å²) in [6.45, 7) is 2.10. The number of urea groups is 1. The quantitative estimate of drug-likeness (QED) is 0.614. The maximum Gasteiger partial charge on any atom is 0.331 e. The average Bonchev–Trinajstić information content (AvgIpc) is 3.12. The van der Waals surface area contributed by atoms with E-state index < -0.39 is 24.0 Å². The fraction of sp³-hybridized carbons (Fsp3) is 0.167. The van der Waals surface area contributed by atoms with E-state index in [-0.39, 0.29) is 0 Å². The van der Waals surface area contributed by atoms with E-state index in [2.05, 4.69) is 10.6 Å². The molecule has 1 heterocycles. The predicted molar refractivity (Wildman–Crippen MR) is 95.8 cm³/mol. The first kappa shape index (κ1) is 18.4. The fourth-order valence-corrected chi connectivity index (χ4v) is 2.60. The molecule has 6 nitrogen and oxygen atoms in total. The van der Waals surface area contributed by atoms with E-state index >= 15 is 0 Å². The topological polar surface area (TPSA) is 84.5 Å². The minimum Gasteiger partial charge on any atom is -0.444 e. The zero-order valence-electron chi connectivity index (χ0n) is 13.6.